The van der Waals surface area contributed by atoms with Crippen molar-refractivity contribution in [1.82, 2.24) is 4.98 Å². The summed E-state index contributed by atoms with van der Waals surface area (Å²) in [6, 6.07) is 3.91. The van der Waals surface area contributed by atoms with Crippen LogP contribution in [0.1, 0.15) is 0 Å². The molecule has 15 heavy (non-hydrogen) atoms. The predicted octanol–water partition coefficient (Wildman–Crippen LogP) is 1.01. The van der Waals surface area contributed by atoms with Crippen LogP contribution in [-0.2, 0) is 4.74 Å². The van der Waals surface area contributed by atoms with E-state index in [1.54, 1.807) is 6.20 Å². The van der Waals surface area contributed by atoms with Gasteiger partial charge in [-0.1, -0.05) is 0 Å². The second-order valence-electron chi connectivity index (χ2n) is 3.48. The zero-order chi connectivity index (χ0) is 10.7. The number of pyridine rings is 1. The van der Waals surface area contributed by atoms with E-state index >= 15 is 0 Å². The van der Waals surface area contributed by atoms with Crippen LogP contribution in [0.4, 0.5) is 5.82 Å². The molecule has 0 aliphatic carbocycles. The Kier molecular flexibility index (Phi) is 3.56. The van der Waals surface area contributed by atoms with E-state index in [0.29, 0.717) is 13.2 Å². The number of nitrogens with zero attached hydrogens (tertiary/aromatic N) is 2. The molecule has 1 aromatic heterocycles. The number of hydrogen-bond donors (Lipinski definition) is 1. The summed E-state index contributed by atoms with van der Waals surface area (Å²) >= 11 is 3.50. The Morgan fingerprint density at radius 1 is 1.67 bits per heavy atom. The van der Waals surface area contributed by atoms with Gasteiger partial charge in [0.2, 0.25) is 0 Å². The molecule has 1 saturated heterocycles. The van der Waals surface area contributed by atoms with Crippen LogP contribution in [0.2, 0.25) is 0 Å². The van der Waals surface area contributed by atoms with Crippen molar-refractivity contribution < 1.29 is 4.74 Å². The number of rotatable bonds is 2. The monoisotopic (exact) mass is 271 g/mol. The zero-order valence-electron chi connectivity index (χ0n) is 8.40. The Hall–Kier alpha value is -0.650. The lowest BCUT2D eigenvalue weighted by atomic mass is 10.2. The molecular weight excluding hydrogens is 258 g/mol. The lowest BCUT2D eigenvalue weighted by Crippen LogP contribution is -2.46. The number of halogens is 1. The highest BCUT2D eigenvalue weighted by Crippen LogP contribution is 2.24. The van der Waals surface area contributed by atoms with Gasteiger partial charge in [0.05, 0.1) is 17.2 Å². The SMILES string of the molecule is NCC1CN(c2ncccc2Br)CCO1. The summed E-state index contributed by atoms with van der Waals surface area (Å²) in [5.41, 5.74) is 5.60. The molecule has 0 bridgehead atoms. The van der Waals surface area contributed by atoms with Crippen molar-refractivity contribution in [3.05, 3.63) is 22.8 Å². The van der Waals surface area contributed by atoms with Gasteiger partial charge in [0.1, 0.15) is 5.82 Å². The van der Waals surface area contributed by atoms with Crippen LogP contribution >= 0.6 is 15.9 Å². The highest BCUT2D eigenvalue weighted by Gasteiger charge is 2.21. The molecule has 0 amide bonds. The van der Waals surface area contributed by atoms with Gasteiger partial charge in [0.15, 0.2) is 0 Å². The van der Waals surface area contributed by atoms with Gasteiger partial charge in [0.25, 0.3) is 0 Å². The largest absolute Gasteiger partial charge is 0.373 e. The van der Waals surface area contributed by atoms with Crippen LogP contribution < -0.4 is 10.6 Å². The molecule has 1 fully saturated rings. The maximum Gasteiger partial charge on any atom is 0.143 e. The lowest BCUT2D eigenvalue weighted by Gasteiger charge is -2.33. The van der Waals surface area contributed by atoms with E-state index in [1.807, 2.05) is 12.1 Å². The summed E-state index contributed by atoms with van der Waals surface area (Å²) in [7, 11) is 0. The molecule has 1 aliphatic heterocycles. The number of anilines is 1. The summed E-state index contributed by atoms with van der Waals surface area (Å²) in [6.07, 6.45) is 1.92. The first-order valence-electron chi connectivity index (χ1n) is 4.98. The molecule has 1 aromatic rings. The topological polar surface area (TPSA) is 51.4 Å². The van der Waals surface area contributed by atoms with Crippen molar-refractivity contribution >= 4 is 21.7 Å². The van der Waals surface area contributed by atoms with Gasteiger partial charge in [-0.05, 0) is 28.1 Å². The maximum atomic E-state index is 5.60. The second-order valence-corrected chi connectivity index (χ2v) is 4.34. The number of ether oxygens (including phenoxy) is 1. The molecule has 4 nitrogen and oxygen atoms in total. The Labute approximate surface area is 97.6 Å². The minimum absolute atomic E-state index is 0.118. The van der Waals surface area contributed by atoms with Gasteiger partial charge in [-0.2, -0.15) is 0 Å². The molecule has 2 N–H and O–H groups in total. The quantitative estimate of drug-likeness (QED) is 0.873. The van der Waals surface area contributed by atoms with Crippen molar-refractivity contribution in [1.29, 1.82) is 0 Å². The van der Waals surface area contributed by atoms with Crippen LogP contribution in [0.25, 0.3) is 0 Å². The minimum atomic E-state index is 0.118. The fourth-order valence-electron chi connectivity index (χ4n) is 1.66. The van der Waals surface area contributed by atoms with Crippen molar-refractivity contribution in [2.45, 2.75) is 6.10 Å². The van der Waals surface area contributed by atoms with E-state index in [9.17, 15) is 0 Å². The predicted molar refractivity (Wildman–Crippen MR) is 62.9 cm³/mol. The Morgan fingerprint density at radius 3 is 3.27 bits per heavy atom. The third-order valence-electron chi connectivity index (χ3n) is 2.44. The van der Waals surface area contributed by atoms with Crippen LogP contribution in [0.5, 0.6) is 0 Å². The average molecular weight is 272 g/mol. The lowest BCUT2D eigenvalue weighted by molar-refractivity contribution is 0.0462. The van der Waals surface area contributed by atoms with Crippen molar-refractivity contribution in [3.8, 4) is 0 Å². The second kappa shape index (κ2) is 4.92. The molecule has 2 heterocycles. The summed E-state index contributed by atoms with van der Waals surface area (Å²) in [5, 5.41) is 0. The number of morpholine rings is 1. The average Bonchev–Trinajstić information content (AvgIpc) is 2.30. The van der Waals surface area contributed by atoms with Gasteiger partial charge in [-0.15, -0.1) is 0 Å². The molecule has 0 radical (unpaired) electrons. The minimum Gasteiger partial charge on any atom is -0.373 e. The van der Waals surface area contributed by atoms with Crippen LogP contribution in [0.15, 0.2) is 22.8 Å². The first kappa shape index (κ1) is 10.9. The third-order valence-corrected chi connectivity index (χ3v) is 3.06. The van der Waals surface area contributed by atoms with Gasteiger partial charge in [-0.3, -0.25) is 0 Å². The fourth-order valence-corrected chi connectivity index (χ4v) is 2.17. The Bertz CT molecular complexity index is 334. The highest BCUT2D eigenvalue weighted by molar-refractivity contribution is 9.10. The Morgan fingerprint density at radius 2 is 2.53 bits per heavy atom. The molecular formula is C10H14BrN3O. The first-order chi connectivity index (χ1) is 7.31. The maximum absolute atomic E-state index is 5.60. The van der Waals surface area contributed by atoms with Crippen molar-refractivity contribution in [2.24, 2.45) is 5.73 Å². The fraction of sp³-hybridized carbons (Fsp3) is 0.500. The van der Waals surface area contributed by atoms with E-state index in [1.165, 1.54) is 0 Å². The normalized spacial score (nSPS) is 21.7. The molecule has 0 saturated carbocycles. The smallest absolute Gasteiger partial charge is 0.143 e. The van der Waals surface area contributed by atoms with Crippen LogP contribution in [0.3, 0.4) is 0 Å². The molecule has 82 valence electrons. The third kappa shape index (κ3) is 2.48. The van der Waals surface area contributed by atoms with E-state index in [2.05, 4.69) is 25.8 Å². The highest BCUT2D eigenvalue weighted by atomic mass is 79.9. The molecule has 5 heteroatoms. The Balaban J connectivity index is 2.13. The van der Waals surface area contributed by atoms with Gasteiger partial charge < -0.3 is 15.4 Å². The van der Waals surface area contributed by atoms with Crippen LogP contribution in [-0.4, -0.2) is 37.3 Å². The van der Waals surface area contributed by atoms with Crippen molar-refractivity contribution in [2.75, 3.05) is 31.1 Å². The number of aromatic nitrogens is 1. The first-order valence-corrected chi connectivity index (χ1v) is 5.77. The molecule has 1 unspecified atom stereocenters. The number of hydrogen-bond acceptors (Lipinski definition) is 4. The van der Waals surface area contributed by atoms with Crippen LogP contribution in [0, 0.1) is 0 Å². The van der Waals surface area contributed by atoms with E-state index < -0.39 is 0 Å². The standard InChI is InChI=1S/C10H14BrN3O/c11-9-2-1-3-13-10(9)14-4-5-15-8(6-12)7-14/h1-3,8H,4-7,12H2. The van der Waals surface area contributed by atoms with Gasteiger partial charge >= 0.3 is 0 Å². The zero-order valence-corrected chi connectivity index (χ0v) is 9.98. The molecule has 2 rings (SSSR count). The summed E-state index contributed by atoms with van der Waals surface area (Å²) in [5.74, 6) is 0.972. The molecule has 0 spiro atoms. The molecule has 1 aliphatic rings. The molecule has 1 atom stereocenters. The summed E-state index contributed by atoms with van der Waals surface area (Å²) < 4.78 is 6.53. The summed E-state index contributed by atoms with van der Waals surface area (Å²) in [4.78, 5) is 6.55. The van der Waals surface area contributed by atoms with Gasteiger partial charge in [0, 0.05) is 25.8 Å². The number of nitrogens with two attached hydrogens (primary N) is 1. The van der Waals surface area contributed by atoms with Gasteiger partial charge in [-0.25, -0.2) is 4.98 Å². The molecule has 0 aromatic carbocycles. The van der Waals surface area contributed by atoms with E-state index in [4.69, 9.17) is 10.5 Å². The summed E-state index contributed by atoms with van der Waals surface area (Å²) in [6.45, 7) is 2.95. The van der Waals surface area contributed by atoms with Crippen molar-refractivity contribution in [3.63, 3.8) is 0 Å². The van der Waals surface area contributed by atoms with E-state index in [0.717, 1.165) is 23.4 Å². The van der Waals surface area contributed by atoms with E-state index in [-0.39, 0.29) is 6.10 Å².